The molecule has 2 aliphatic rings. The van der Waals surface area contributed by atoms with Crippen molar-refractivity contribution < 1.29 is 4.74 Å². The summed E-state index contributed by atoms with van der Waals surface area (Å²) in [6.07, 6.45) is 5.84. The average Bonchev–Trinajstić information content (AvgIpc) is 2.76. The Morgan fingerprint density at radius 1 is 1.29 bits per heavy atom. The summed E-state index contributed by atoms with van der Waals surface area (Å²) < 4.78 is 5.96. The van der Waals surface area contributed by atoms with E-state index >= 15 is 0 Å². The van der Waals surface area contributed by atoms with Crippen molar-refractivity contribution in [3.63, 3.8) is 0 Å². The first-order valence-electron chi connectivity index (χ1n) is 7.17. The summed E-state index contributed by atoms with van der Waals surface area (Å²) in [7, 11) is 0. The quantitative estimate of drug-likeness (QED) is 0.813. The van der Waals surface area contributed by atoms with Gasteiger partial charge >= 0.3 is 0 Å². The summed E-state index contributed by atoms with van der Waals surface area (Å²) in [5, 5.41) is 3.59. The van der Waals surface area contributed by atoms with Gasteiger partial charge in [0.05, 0.1) is 12.7 Å². The van der Waals surface area contributed by atoms with Crippen LogP contribution in [-0.4, -0.2) is 48.8 Å². The van der Waals surface area contributed by atoms with E-state index in [0.29, 0.717) is 12.1 Å². The molecule has 1 saturated carbocycles. The zero-order valence-electron chi connectivity index (χ0n) is 11.7. The molecule has 0 spiro atoms. The Bertz CT molecular complexity index is 236. The number of hydrogen-bond donors (Lipinski definition) is 1. The summed E-state index contributed by atoms with van der Waals surface area (Å²) in [6.45, 7) is 11.1. The molecule has 1 N–H and O–H groups in total. The highest BCUT2D eigenvalue weighted by atomic mass is 16.5. The standard InChI is InChI=1S/C14H28N2O/c1-12-10-15-14(2,3)11-16(12)8-9-17-13-6-4-5-7-13/h12-13,15H,4-11H2,1-3H3. The molecule has 1 aliphatic heterocycles. The summed E-state index contributed by atoms with van der Waals surface area (Å²) in [4.78, 5) is 2.56. The van der Waals surface area contributed by atoms with Crippen molar-refractivity contribution in [2.24, 2.45) is 0 Å². The largest absolute Gasteiger partial charge is 0.377 e. The zero-order chi connectivity index (χ0) is 12.3. The number of piperazine rings is 1. The molecule has 0 aromatic carbocycles. The van der Waals surface area contributed by atoms with Gasteiger partial charge in [0.15, 0.2) is 0 Å². The SMILES string of the molecule is CC1CNC(C)(C)CN1CCOC1CCCC1. The predicted octanol–water partition coefficient (Wildman–Crippen LogP) is 2.02. The van der Waals surface area contributed by atoms with Gasteiger partial charge in [0.2, 0.25) is 0 Å². The molecule has 3 nitrogen and oxygen atoms in total. The van der Waals surface area contributed by atoms with Crippen molar-refractivity contribution >= 4 is 0 Å². The van der Waals surface area contributed by atoms with Crippen LogP contribution in [0.1, 0.15) is 46.5 Å². The van der Waals surface area contributed by atoms with Crippen LogP contribution >= 0.6 is 0 Å². The van der Waals surface area contributed by atoms with Gasteiger partial charge in [-0.1, -0.05) is 12.8 Å². The van der Waals surface area contributed by atoms with Crippen molar-refractivity contribution in [2.45, 2.75) is 64.1 Å². The molecule has 0 bridgehead atoms. The lowest BCUT2D eigenvalue weighted by Gasteiger charge is -2.43. The number of nitrogens with one attached hydrogen (secondary N) is 1. The maximum Gasteiger partial charge on any atom is 0.0597 e. The van der Waals surface area contributed by atoms with Crippen LogP contribution in [0, 0.1) is 0 Å². The molecular formula is C14H28N2O. The molecule has 0 aromatic heterocycles. The Labute approximate surface area is 106 Å². The monoisotopic (exact) mass is 240 g/mol. The third-order valence-electron chi connectivity index (χ3n) is 4.13. The molecule has 1 atom stereocenters. The topological polar surface area (TPSA) is 24.5 Å². The molecule has 3 heteroatoms. The van der Waals surface area contributed by atoms with E-state index in [4.69, 9.17) is 4.74 Å². The molecule has 0 radical (unpaired) electrons. The van der Waals surface area contributed by atoms with Crippen molar-refractivity contribution in [1.29, 1.82) is 0 Å². The highest BCUT2D eigenvalue weighted by Crippen LogP contribution is 2.21. The highest BCUT2D eigenvalue weighted by Gasteiger charge is 2.29. The van der Waals surface area contributed by atoms with Gasteiger partial charge in [0, 0.05) is 31.2 Å². The second-order valence-electron chi connectivity index (χ2n) is 6.36. The molecule has 100 valence electrons. The molecule has 0 amide bonds. The van der Waals surface area contributed by atoms with Crippen LogP contribution in [0.25, 0.3) is 0 Å². The van der Waals surface area contributed by atoms with Crippen LogP contribution in [0.5, 0.6) is 0 Å². The summed E-state index contributed by atoms with van der Waals surface area (Å²) in [5.74, 6) is 0. The van der Waals surface area contributed by atoms with Crippen LogP contribution < -0.4 is 5.32 Å². The van der Waals surface area contributed by atoms with Crippen LogP contribution in [0.4, 0.5) is 0 Å². The molecule has 2 fully saturated rings. The van der Waals surface area contributed by atoms with Gasteiger partial charge in [-0.25, -0.2) is 0 Å². The first-order chi connectivity index (χ1) is 8.07. The Kier molecular flexibility index (Phi) is 4.45. The number of hydrogen-bond acceptors (Lipinski definition) is 3. The van der Waals surface area contributed by atoms with E-state index in [0.717, 1.165) is 26.2 Å². The van der Waals surface area contributed by atoms with Gasteiger partial charge in [0.25, 0.3) is 0 Å². The minimum absolute atomic E-state index is 0.250. The van der Waals surface area contributed by atoms with Crippen LogP contribution in [0.2, 0.25) is 0 Å². The Morgan fingerprint density at radius 2 is 2.00 bits per heavy atom. The fourth-order valence-electron chi connectivity index (χ4n) is 2.96. The van der Waals surface area contributed by atoms with Crippen molar-refractivity contribution in [2.75, 3.05) is 26.2 Å². The summed E-state index contributed by atoms with van der Waals surface area (Å²) in [6, 6.07) is 0.634. The smallest absolute Gasteiger partial charge is 0.0597 e. The van der Waals surface area contributed by atoms with E-state index in [2.05, 4.69) is 31.0 Å². The Morgan fingerprint density at radius 3 is 2.71 bits per heavy atom. The van der Waals surface area contributed by atoms with Gasteiger partial charge in [-0.05, 0) is 33.6 Å². The van der Waals surface area contributed by atoms with Crippen molar-refractivity contribution in [3.8, 4) is 0 Å². The van der Waals surface area contributed by atoms with E-state index in [1.165, 1.54) is 25.7 Å². The third kappa shape index (κ3) is 3.94. The first-order valence-corrected chi connectivity index (χ1v) is 7.17. The molecule has 2 rings (SSSR count). The molecule has 17 heavy (non-hydrogen) atoms. The number of rotatable bonds is 4. The van der Waals surface area contributed by atoms with E-state index in [-0.39, 0.29) is 5.54 Å². The van der Waals surface area contributed by atoms with Gasteiger partial charge in [-0.15, -0.1) is 0 Å². The molecule has 1 aliphatic carbocycles. The van der Waals surface area contributed by atoms with E-state index in [1.807, 2.05) is 0 Å². The fraction of sp³-hybridized carbons (Fsp3) is 1.00. The molecule has 0 aromatic rings. The lowest BCUT2D eigenvalue weighted by molar-refractivity contribution is 0.0192. The van der Waals surface area contributed by atoms with Crippen molar-refractivity contribution in [1.82, 2.24) is 10.2 Å². The van der Waals surface area contributed by atoms with Crippen LogP contribution in [0.3, 0.4) is 0 Å². The second-order valence-corrected chi connectivity index (χ2v) is 6.36. The van der Waals surface area contributed by atoms with Gasteiger partial charge in [0.1, 0.15) is 0 Å². The molecular weight excluding hydrogens is 212 g/mol. The first kappa shape index (κ1) is 13.3. The number of nitrogens with zero attached hydrogens (tertiary/aromatic N) is 1. The molecule has 1 unspecified atom stereocenters. The minimum atomic E-state index is 0.250. The van der Waals surface area contributed by atoms with Crippen LogP contribution in [0.15, 0.2) is 0 Å². The lowest BCUT2D eigenvalue weighted by Crippen LogP contribution is -2.61. The van der Waals surface area contributed by atoms with Crippen molar-refractivity contribution in [3.05, 3.63) is 0 Å². The molecule has 1 heterocycles. The van der Waals surface area contributed by atoms with Gasteiger partial charge in [-0.3, -0.25) is 4.90 Å². The predicted molar refractivity (Wildman–Crippen MR) is 71.3 cm³/mol. The Hall–Kier alpha value is -0.120. The molecule has 1 saturated heterocycles. The highest BCUT2D eigenvalue weighted by molar-refractivity contribution is 4.90. The minimum Gasteiger partial charge on any atom is -0.377 e. The maximum absolute atomic E-state index is 5.96. The van der Waals surface area contributed by atoms with E-state index in [1.54, 1.807) is 0 Å². The zero-order valence-corrected chi connectivity index (χ0v) is 11.7. The summed E-state index contributed by atoms with van der Waals surface area (Å²) >= 11 is 0. The van der Waals surface area contributed by atoms with E-state index in [9.17, 15) is 0 Å². The van der Waals surface area contributed by atoms with E-state index < -0.39 is 0 Å². The maximum atomic E-state index is 5.96. The van der Waals surface area contributed by atoms with Gasteiger partial charge < -0.3 is 10.1 Å². The lowest BCUT2D eigenvalue weighted by atomic mass is 9.99. The third-order valence-corrected chi connectivity index (χ3v) is 4.13. The average molecular weight is 240 g/mol. The number of ether oxygens (including phenoxy) is 1. The second kappa shape index (κ2) is 5.68. The normalized spacial score (nSPS) is 30.9. The van der Waals surface area contributed by atoms with Crippen LogP contribution in [-0.2, 0) is 4.74 Å². The Balaban J connectivity index is 1.69. The summed E-state index contributed by atoms with van der Waals surface area (Å²) in [5.41, 5.74) is 0.250. The van der Waals surface area contributed by atoms with Gasteiger partial charge in [-0.2, -0.15) is 0 Å². The fourth-order valence-corrected chi connectivity index (χ4v) is 2.96.